The molecule has 50 valence electrons. The predicted molar refractivity (Wildman–Crippen MR) is 38.0 cm³/mol. The summed E-state index contributed by atoms with van der Waals surface area (Å²) in [7, 11) is 1.70. The van der Waals surface area contributed by atoms with Crippen molar-refractivity contribution in [3.63, 3.8) is 0 Å². The van der Waals surface area contributed by atoms with Crippen molar-refractivity contribution in [2.45, 2.75) is 12.3 Å². The molecule has 0 saturated heterocycles. The van der Waals surface area contributed by atoms with Gasteiger partial charge < -0.3 is 10.5 Å². The van der Waals surface area contributed by atoms with Crippen molar-refractivity contribution in [2.75, 3.05) is 19.5 Å². The van der Waals surface area contributed by atoms with E-state index in [0.29, 0.717) is 0 Å². The van der Waals surface area contributed by atoms with Crippen LogP contribution in [-0.4, -0.2) is 24.8 Å². The average molecular weight is 135 g/mol. The average Bonchev–Trinajstić information content (AvgIpc) is 1.66. The lowest BCUT2D eigenvalue weighted by Gasteiger charge is -2.01. The Kier molecular flexibility index (Phi) is 5.59. The fraction of sp³-hybridized carbons (Fsp3) is 1.00. The van der Waals surface area contributed by atoms with Crippen molar-refractivity contribution in [3.05, 3.63) is 0 Å². The molecule has 0 radical (unpaired) electrons. The molecule has 0 aromatic heterocycles. The molecule has 0 spiro atoms. The minimum absolute atomic E-state index is 0.241. The SMILES string of the molecule is COCCSC(C)N. The predicted octanol–water partition coefficient (Wildman–Crippen LogP) is 0.671. The maximum Gasteiger partial charge on any atom is 0.0553 e. The highest BCUT2D eigenvalue weighted by atomic mass is 32.2. The topological polar surface area (TPSA) is 35.2 Å². The Balaban J connectivity index is 2.72. The van der Waals surface area contributed by atoms with E-state index in [9.17, 15) is 0 Å². The molecule has 1 atom stereocenters. The molecule has 0 amide bonds. The number of hydrogen-bond donors (Lipinski definition) is 1. The summed E-state index contributed by atoms with van der Waals surface area (Å²) in [6.45, 7) is 2.77. The zero-order chi connectivity index (χ0) is 6.41. The van der Waals surface area contributed by atoms with E-state index in [4.69, 9.17) is 10.5 Å². The van der Waals surface area contributed by atoms with Crippen molar-refractivity contribution in [1.82, 2.24) is 0 Å². The molecular formula is C5H13NOS. The number of methoxy groups -OCH3 is 1. The van der Waals surface area contributed by atoms with Gasteiger partial charge in [-0.2, -0.15) is 0 Å². The van der Waals surface area contributed by atoms with Crippen LogP contribution in [0.15, 0.2) is 0 Å². The second-order valence-corrected chi connectivity index (χ2v) is 3.05. The van der Waals surface area contributed by atoms with E-state index in [2.05, 4.69) is 0 Å². The van der Waals surface area contributed by atoms with Gasteiger partial charge in [0, 0.05) is 18.2 Å². The summed E-state index contributed by atoms with van der Waals surface area (Å²) < 4.78 is 4.82. The molecule has 3 heteroatoms. The van der Waals surface area contributed by atoms with Crippen LogP contribution in [0.5, 0.6) is 0 Å². The van der Waals surface area contributed by atoms with E-state index >= 15 is 0 Å². The van der Waals surface area contributed by atoms with Gasteiger partial charge in [0.2, 0.25) is 0 Å². The number of rotatable bonds is 4. The third kappa shape index (κ3) is 6.27. The largest absolute Gasteiger partial charge is 0.384 e. The number of nitrogens with two attached hydrogens (primary N) is 1. The zero-order valence-electron chi connectivity index (χ0n) is 5.39. The lowest BCUT2D eigenvalue weighted by Crippen LogP contribution is -2.11. The van der Waals surface area contributed by atoms with Crippen molar-refractivity contribution in [2.24, 2.45) is 5.73 Å². The Labute approximate surface area is 54.8 Å². The van der Waals surface area contributed by atoms with Gasteiger partial charge in [0.25, 0.3) is 0 Å². The highest BCUT2D eigenvalue weighted by Crippen LogP contribution is 2.02. The Morgan fingerprint density at radius 1 is 1.75 bits per heavy atom. The molecule has 0 bridgehead atoms. The lowest BCUT2D eigenvalue weighted by atomic mass is 10.8. The van der Waals surface area contributed by atoms with Gasteiger partial charge in [0.05, 0.1) is 6.61 Å². The van der Waals surface area contributed by atoms with E-state index < -0.39 is 0 Å². The molecule has 1 unspecified atom stereocenters. The van der Waals surface area contributed by atoms with Crippen LogP contribution in [0.3, 0.4) is 0 Å². The highest BCUT2D eigenvalue weighted by molar-refractivity contribution is 7.99. The molecule has 0 aliphatic rings. The lowest BCUT2D eigenvalue weighted by molar-refractivity contribution is 0.218. The molecule has 0 rings (SSSR count). The summed E-state index contributed by atoms with van der Waals surface area (Å²) >= 11 is 1.71. The van der Waals surface area contributed by atoms with Crippen molar-refractivity contribution in [3.8, 4) is 0 Å². The first kappa shape index (κ1) is 8.27. The van der Waals surface area contributed by atoms with E-state index in [1.54, 1.807) is 18.9 Å². The quantitative estimate of drug-likeness (QED) is 0.454. The van der Waals surface area contributed by atoms with Crippen molar-refractivity contribution < 1.29 is 4.74 Å². The third-order valence-electron chi connectivity index (χ3n) is 0.668. The smallest absolute Gasteiger partial charge is 0.0553 e. The van der Waals surface area contributed by atoms with Crippen LogP contribution in [0.2, 0.25) is 0 Å². The second-order valence-electron chi connectivity index (χ2n) is 1.57. The van der Waals surface area contributed by atoms with Gasteiger partial charge in [-0.15, -0.1) is 11.8 Å². The van der Waals surface area contributed by atoms with Crippen LogP contribution in [0, 0.1) is 0 Å². The first-order valence-electron chi connectivity index (χ1n) is 2.63. The number of thioether (sulfide) groups is 1. The van der Waals surface area contributed by atoms with Crippen LogP contribution in [-0.2, 0) is 4.74 Å². The monoisotopic (exact) mass is 135 g/mol. The van der Waals surface area contributed by atoms with E-state index in [1.165, 1.54) is 0 Å². The Morgan fingerprint density at radius 3 is 2.75 bits per heavy atom. The summed E-state index contributed by atoms with van der Waals surface area (Å²) in [6.07, 6.45) is 0. The summed E-state index contributed by atoms with van der Waals surface area (Å²) in [5.41, 5.74) is 5.44. The molecule has 2 nitrogen and oxygen atoms in total. The fourth-order valence-electron chi connectivity index (χ4n) is 0.317. The van der Waals surface area contributed by atoms with Gasteiger partial charge in [-0.05, 0) is 6.92 Å². The minimum Gasteiger partial charge on any atom is -0.384 e. The molecular weight excluding hydrogens is 122 g/mol. The van der Waals surface area contributed by atoms with Gasteiger partial charge in [0.1, 0.15) is 0 Å². The van der Waals surface area contributed by atoms with Crippen molar-refractivity contribution in [1.29, 1.82) is 0 Å². The zero-order valence-corrected chi connectivity index (χ0v) is 6.20. The summed E-state index contributed by atoms with van der Waals surface area (Å²) in [6, 6.07) is 0. The van der Waals surface area contributed by atoms with Crippen molar-refractivity contribution >= 4 is 11.8 Å². The Hall–Kier alpha value is 0.270. The van der Waals surface area contributed by atoms with Gasteiger partial charge in [0.15, 0.2) is 0 Å². The van der Waals surface area contributed by atoms with E-state index in [-0.39, 0.29) is 5.37 Å². The first-order chi connectivity index (χ1) is 3.77. The number of hydrogen-bond acceptors (Lipinski definition) is 3. The number of ether oxygens (including phenoxy) is 1. The van der Waals surface area contributed by atoms with Crippen LogP contribution < -0.4 is 5.73 Å². The molecule has 0 fully saturated rings. The van der Waals surface area contributed by atoms with E-state index in [0.717, 1.165) is 12.4 Å². The molecule has 0 heterocycles. The summed E-state index contributed by atoms with van der Waals surface area (Å²) in [4.78, 5) is 0. The highest BCUT2D eigenvalue weighted by Gasteiger charge is 1.90. The van der Waals surface area contributed by atoms with Gasteiger partial charge in [-0.1, -0.05) is 0 Å². The Morgan fingerprint density at radius 2 is 2.38 bits per heavy atom. The van der Waals surface area contributed by atoms with Gasteiger partial charge in [-0.25, -0.2) is 0 Å². The third-order valence-corrected chi connectivity index (χ3v) is 1.60. The van der Waals surface area contributed by atoms with Gasteiger partial charge >= 0.3 is 0 Å². The van der Waals surface area contributed by atoms with Crippen LogP contribution in [0.25, 0.3) is 0 Å². The van der Waals surface area contributed by atoms with Crippen LogP contribution in [0.4, 0.5) is 0 Å². The van der Waals surface area contributed by atoms with Crippen LogP contribution >= 0.6 is 11.8 Å². The summed E-state index contributed by atoms with van der Waals surface area (Å²) in [5, 5.41) is 0.241. The molecule has 0 aliphatic carbocycles. The Bertz CT molecular complexity index is 49.7. The summed E-state index contributed by atoms with van der Waals surface area (Å²) in [5.74, 6) is 0.994. The normalized spacial score (nSPS) is 13.9. The maximum atomic E-state index is 5.44. The van der Waals surface area contributed by atoms with Gasteiger partial charge in [-0.3, -0.25) is 0 Å². The molecule has 0 aromatic rings. The maximum absolute atomic E-state index is 5.44. The fourth-order valence-corrected chi connectivity index (χ4v) is 0.952. The standard InChI is InChI=1S/C5H13NOS/c1-5(6)8-4-3-7-2/h5H,3-4,6H2,1-2H3. The second kappa shape index (κ2) is 5.41. The first-order valence-corrected chi connectivity index (χ1v) is 3.68. The molecule has 8 heavy (non-hydrogen) atoms. The van der Waals surface area contributed by atoms with Crippen LogP contribution in [0.1, 0.15) is 6.92 Å². The van der Waals surface area contributed by atoms with E-state index in [1.807, 2.05) is 6.92 Å². The molecule has 0 aromatic carbocycles. The molecule has 0 aliphatic heterocycles. The molecule has 0 saturated carbocycles. The minimum atomic E-state index is 0.241. The molecule has 2 N–H and O–H groups in total.